The van der Waals surface area contributed by atoms with Crippen LogP contribution in [0.3, 0.4) is 0 Å². The summed E-state index contributed by atoms with van der Waals surface area (Å²) in [5.74, 6) is -1.25. The van der Waals surface area contributed by atoms with Crippen LogP contribution in [0.25, 0.3) is 6.08 Å². The lowest BCUT2D eigenvalue weighted by atomic mass is 10.2. The van der Waals surface area contributed by atoms with Crippen LogP contribution in [0.15, 0.2) is 35.7 Å². The molecule has 2 N–H and O–H groups in total. The highest BCUT2D eigenvalue weighted by atomic mass is 32.2. The summed E-state index contributed by atoms with van der Waals surface area (Å²) in [6, 6.07) is 7.61. The molecule has 1 aromatic rings. The average Bonchev–Trinajstić information content (AvgIpc) is 2.81. The molecule has 2 atom stereocenters. The lowest BCUT2D eigenvalue weighted by Gasteiger charge is -2.18. The van der Waals surface area contributed by atoms with Crippen LogP contribution in [0.1, 0.15) is 12.0 Å². The molecule has 1 aliphatic rings. The average molecular weight is 297 g/mol. The Morgan fingerprint density at radius 1 is 1.30 bits per heavy atom. The Bertz CT molecular complexity index is 611. The molecule has 108 valence electrons. The maximum absolute atomic E-state index is 12.1. The fraction of sp³-hybridized carbons (Fsp3) is 0.308. The molecule has 1 aromatic carbocycles. The second-order valence-corrected chi connectivity index (χ2v) is 6.34. The number of sulfonamides is 1. The molecule has 0 amide bonds. The van der Waals surface area contributed by atoms with Crippen molar-refractivity contribution in [3.63, 3.8) is 0 Å². The van der Waals surface area contributed by atoms with E-state index in [0.717, 1.165) is 9.71 Å². The van der Waals surface area contributed by atoms with Crippen LogP contribution < -0.4 is 0 Å². The standard InChI is InChI=1S/C13H15NO5S/c15-11-8-12(13(16)17)14(9-11)20(18,19)7-6-10-4-2-1-3-5-10/h1-7,11-12,15H,8-9H2,(H,16,17)/t11-,12+/m1/s1. The second kappa shape index (κ2) is 5.74. The smallest absolute Gasteiger partial charge is 0.322 e. The predicted molar refractivity (Wildman–Crippen MR) is 73.1 cm³/mol. The van der Waals surface area contributed by atoms with Crippen molar-refractivity contribution in [1.82, 2.24) is 4.31 Å². The molecule has 0 aliphatic carbocycles. The number of hydrogen-bond donors (Lipinski definition) is 2. The zero-order chi connectivity index (χ0) is 14.8. The molecule has 0 saturated carbocycles. The first-order valence-corrected chi connectivity index (χ1v) is 7.56. The fourth-order valence-electron chi connectivity index (χ4n) is 2.10. The molecule has 1 fully saturated rings. The third kappa shape index (κ3) is 3.24. The van der Waals surface area contributed by atoms with Crippen molar-refractivity contribution in [3.05, 3.63) is 41.3 Å². The van der Waals surface area contributed by atoms with E-state index in [1.807, 2.05) is 6.07 Å². The number of β-amino-alcohol motifs (C(OH)–C–C–N with tert-alkyl or cyclic N) is 1. The van der Waals surface area contributed by atoms with Gasteiger partial charge in [-0.3, -0.25) is 4.79 Å². The summed E-state index contributed by atoms with van der Waals surface area (Å²) in [6.07, 6.45) is 0.364. The van der Waals surface area contributed by atoms with E-state index in [2.05, 4.69) is 0 Å². The number of aliphatic hydroxyl groups is 1. The van der Waals surface area contributed by atoms with Gasteiger partial charge in [0.25, 0.3) is 0 Å². The maximum Gasteiger partial charge on any atom is 0.322 e. The lowest BCUT2D eigenvalue weighted by molar-refractivity contribution is -0.140. The number of aliphatic hydroxyl groups excluding tert-OH is 1. The highest BCUT2D eigenvalue weighted by Gasteiger charge is 2.41. The van der Waals surface area contributed by atoms with Gasteiger partial charge in [-0.05, 0) is 11.6 Å². The lowest BCUT2D eigenvalue weighted by Crippen LogP contribution is -2.39. The van der Waals surface area contributed by atoms with Gasteiger partial charge in [0, 0.05) is 18.4 Å². The monoisotopic (exact) mass is 297 g/mol. The molecule has 1 heterocycles. The minimum absolute atomic E-state index is 0.0895. The molecular weight excluding hydrogens is 282 g/mol. The molecule has 6 nitrogen and oxygen atoms in total. The van der Waals surface area contributed by atoms with Crippen molar-refractivity contribution in [2.45, 2.75) is 18.6 Å². The van der Waals surface area contributed by atoms with E-state index < -0.39 is 28.1 Å². The summed E-state index contributed by atoms with van der Waals surface area (Å²) in [7, 11) is -3.87. The highest BCUT2D eigenvalue weighted by Crippen LogP contribution is 2.23. The fourth-order valence-corrected chi connectivity index (χ4v) is 3.49. The molecule has 0 radical (unpaired) electrons. The second-order valence-electron chi connectivity index (χ2n) is 4.57. The molecule has 0 aromatic heterocycles. The third-order valence-corrected chi connectivity index (χ3v) is 4.61. The van der Waals surface area contributed by atoms with Crippen molar-refractivity contribution in [3.8, 4) is 0 Å². The third-order valence-electron chi connectivity index (χ3n) is 3.08. The van der Waals surface area contributed by atoms with Gasteiger partial charge in [0.2, 0.25) is 10.0 Å². The highest BCUT2D eigenvalue weighted by molar-refractivity contribution is 7.92. The summed E-state index contributed by atoms with van der Waals surface area (Å²) in [6.45, 7) is -0.196. The minimum Gasteiger partial charge on any atom is -0.480 e. The zero-order valence-corrected chi connectivity index (χ0v) is 11.4. The normalized spacial score (nSPS) is 24.2. The molecule has 7 heteroatoms. The van der Waals surface area contributed by atoms with Gasteiger partial charge in [-0.15, -0.1) is 0 Å². The summed E-state index contributed by atoms with van der Waals surface area (Å²) in [5, 5.41) is 19.5. The van der Waals surface area contributed by atoms with Gasteiger partial charge in [0.15, 0.2) is 0 Å². The van der Waals surface area contributed by atoms with E-state index in [4.69, 9.17) is 5.11 Å². The Hall–Kier alpha value is -1.70. The van der Waals surface area contributed by atoms with Gasteiger partial charge in [0.1, 0.15) is 6.04 Å². The van der Waals surface area contributed by atoms with Crippen molar-refractivity contribution in [1.29, 1.82) is 0 Å². The Balaban J connectivity index is 2.22. The Morgan fingerprint density at radius 3 is 2.55 bits per heavy atom. The molecule has 20 heavy (non-hydrogen) atoms. The number of carboxylic acids is 1. The summed E-state index contributed by atoms with van der Waals surface area (Å²) < 4.78 is 25.1. The van der Waals surface area contributed by atoms with E-state index >= 15 is 0 Å². The number of rotatable bonds is 4. The molecule has 0 bridgehead atoms. The van der Waals surface area contributed by atoms with Crippen LogP contribution in [0.2, 0.25) is 0 Å². The van der Waals surface area contributed by atoms with Gasteiger partial charge in [0.05, 0.1) is 6.10 Å². The summed E-state index contributed by atoms with van der Waals surface area (Å²) in [5.41, 5.74) is 0.697. The van der Waals surface area contributed by atoms with Crippen LogP contribution in [0.4, 0.5) is 0 Å². The largest absolute Gasteiger partial charge is 0.480 e. The summed E-state index contributed by atoms with van der Waals surface area (Å²) >= 11 is 0. The topological polar surface area (TPSA) is 94.9 Å². The van der Waals surface area contributed by atoms with E-state index in [0.29, 0.717) is 5.56 Å². The number of carbonyl (C=O) groups is 1. The quantitative estimate of drug-likeness (QED) is 0.844. The molecular formula is C13H15NO5S. The summed E-state index contributed by atoms with van der Waals surface area (Å²) in [4.78, 5) is 11.0. The molecule has 1 saturated heterocycles. The van der Waals surface area contributed by atoms with E-state index in [1.54, 1.807) is 24.3 Å². The number of aliphatic carboxylic acids is 1. The van der Waals surface area contributed by atoms with Crippen molar-refractivity contribution in [2.75, 3.05) is 6.54 Å². The number of hydrogen-bond acceptors (Lipinski definition) is 4. The SMILES string of the molecule is O=C(O)[C@@H]1C[C@@H](O)CN1S(=O)(=O)C=Cc1ccccc1. The van der Waals surface area contributed by atoms with E-state index in [1.165, 1.54) is 6.08 Å². The van der Waals surface area contributed by atoms with Crippen molar-refractivity contribution < 1.29 is 23.4 Å². The van der Waals surface area contributed by atoms with Gasteiger partial charge in [-0.1, -0.05) is 30.3 Å². The van der Waals surface area contributed by atoms with Crippen LogP contribution >= 0.6 is 0 Å². The number of benzene rings is 1. The maximum atomic E-state index is 12.1. The van der Waals surface area contributed by atoms with Crippen LogP contribution in [0, 0.1) is 0 Å². The van der Waals surface area contributed by atoms with Crippen LogP contribution in [-0.2, 0) is 14.8 Å². The first-order chi connectivity index (χ1) is 9.40. The molecule has 0 unspecified atom stereocenters. The van der Waals surface area contributed by atoms with Crippen LogP contribution in [0.5, 0.6) is 0 Å². The van der Waals surface area contributed by atoms with Gasteiger partial charge >= 0.3 is 5.97 Å². The van der Waals surface area contributed by atoms with Crippen LogP contribution in [-0.4, -0.2) is 47.6 Å². The van der Waals surface area contributed by atoms with E-state index in [-0.39, 0.29) is 13.0 Å². The van der Waals surface area contributed by atoms with E-state index in [9.17, 15) is 18.3 Å². The van der Waals surface area contributed by atoms with Gasteiger partial charge in [-0.2, -0.15) is 4.31 Å². The first-order valence-electron chi connectivity index (χ1n) is 6.06. The molecule has 2 rings (SSSR count). The zero-order valence-electron chi connectivity index (χ0n) is 10.6. The number of carboxylic acid groups (broad SMARTS) is 1. The first kappa shape index (κ1) is 14.7. The predicted octanol–water partition coefficient (Wildman–Crippen LogP) is 0.507. The van der Waals surface area contributed by atoms with Crippen molar-refractivity contribution in [2.24, 2.45) is 0 Å². The molecule has 0 spiro atoms. The Labute approximate surface area is 117 Å². The molecule has 1 aliphatic heterocycles. The van der Waals surface area contributed by atoms with Crippen molar-refractivity contribution >= 4 is 22.1 Å². The Kier molecular flexibility index (Phi) is 4.22. The number of nitrogens with zero attached hydrogens (tertiary/aromatic N) is 1. The van der Waals surface area contributed by atoms with Gasteiger partial charge in [-0.25, -0.2) is 8.42 Å². The van der Waals surface area contributed by atoms with Gasteiger partial charge < -0.3 is 10.2 Å². The minimum atomic E-state index is -3.87. The Morgan fingerprint density at radius 2 is 1.95 bits per heavy atom.